The first kappa shape index (κ1) is 11.6. The van der Waals surface area contributed by atoms with Crippen LogP contribution in [0.5, 0.6) is 0 Å². The van der Waals surface area contributed by atoms with Crippen LogP contribution in [0.15, 0.2) is 29.8 Å². The first-order valence-corrected chi connectivity index (χ1v) is 4.68. The fraction of sp³-hybridized carbons (Fsp3) is 0.250. The van der Waals surface area contributed by atoms with E-state index in [0.29, 0.717) is 0 Å². The van der Waals surface area contributed by atoms with Crippen molar-refractivity contribution in [3.8, 4) is 0 Å². The zero-order valence-corrected chi connectivity index (χ0v) is 9.03. The first-order chi connectivity index (χ1) is 6.68. The predicted octanol–water partition coefficient (Wildman–Crippen LogP) is 1.33. The van der Waals surface area contributed by atoms with Gasteiger partial charge in [0.15, 0.2) is 0 Å². The molecule has 0 atom stereocenters. The summed E-state index contributed by atoms with van der Waals surface area (Å²) < 4.78 is 0. The summed E-state index contributed by atoms with van der Waals surface area (Å²) in [6.45, 7) is 0. The lowest BCUT2D eigenvalue weighted by Gasteiger charge is -2.10. The fourth-order valence-corrected chi connectivity index (χ4v) is 1.70. The second kappa shape index (κ2) is 4.34. The normalized spacial score (nSPS) is 12.5. The SMILES string of the molecule is CN(C)C(=O)C1=Cc2ccccc2C1.[B]. The van der Waals surface area contributed by atoms with Gasteiger partial charge in [-0.3, -0.25) is 4.79 Å². The molecule has 0 bridgehead atoms. The predicted molar refractivity (Wildman–Crippen MR) is 62.6 cm³/mol. The quantitative estimate of drug-likeness (QED) is 0.623. The number of nitrogens with zero attached hydrogens (tertiary/aromatic N) is 1. The van der Waals surface area contributed by atoms with Crippen molar-refractivity contribution in [3.63, 3.8) is 0 Å². The van der Waals surface area contributed by atoms with Crippen LogP contribution in [0.1, 0.15) is 11.1 Å². The van der Waals surface area contributed by atoms with Crippen LogP contribution in [-0.4, -0.2) is 33.3 Å². The van der Waals surface area contributed by atoms with E-state index in [0.717, 1.165) is 12.0 Å². The number of likely N-dealkylation sites (N-methyl/N-ethyl adjacent to an activating group) is 1. The van der Waals surface area contributed by atoms with Gasteiger partial charge in [-0.1, -0.05) is 24.3 Å². The molecule has 15 heavy (non-hydrogen) atoms. The Hall–Kier alpha value is -1.51. The molecule has 1 aromatic carbocycles. The molecule has 1 aliphatic carbocycles. The van der Waals surface area contributed by atoms with E-state index < -0.39 is 0 Å². The fourth-order valence-electron chi connectivity index (χ4n) is 1.70. The molecule has 3 heteroatoms. The Kier molecular flexibility index (Phi) is 3.35. The minimum absolute atomic E-state index is 0. The van der Waals surface area contributed by atoms with Crippen molar-refractivity contribution in [2.24, 2.45) is 0 Å². The molecule has 0 unspecified atom stereocenters. The van der Waals surface area contributed by atoms with E-state index in [-0.39, 0.29) is 14.3 Å². The molecule has 0 spiro atoms. The Labute approximate surface area is 92.2 Å². The van der Waals surface area contributed by atoms with Gasteiger partial charge in [0.2, 0.25) is 5.91 Å². The van der Waals surface area contributed by atoms with Crippen molar-refractivity contribution < 1.29 is 4.79 Å². The summed E-state index contributed by atoms with van der Waals surface area (Å²) in [5, 5.41) is 0. The summed E-state index contributed by atoms with van der Waals surface area (Å²) in [6, 6.07) is 8.13. The third-order valence-corrected chi connectivity index (χ3v) is 2.45. The summed E-state index contributed by atoms with van der Waals surface area (Å²) >= 11 is 0. The molecule has 1 amide bonds. The summed E-state index contributed by atoms with van der Waals surface area (Å²) in [5.74, 6) is 0.112. The second-order valence-corrected chi connectivity index (χ2v) is 3.74. The number of hydrogen-bond acceptors (Lipinski definition) is 1. The lowest BCUT2D eigenvalue weighted by Crippen LogP contribution is -2.23. The molecule has 0 saturated heterocycles. The molecule has 0 N–H and O–H groups in total. The highest BCUT2D eigenvalue weighted by Crippen LogP contribution is 2.25. The maximum Gasteiger partial charge on any atom is 0.249 e. The van der Waals surface area contributed by atoms with Crippen LogP contribution in [0.2, 0.25) is 0 Å². The molecule has 1 aliphatic rings. The Morgan fingerprint density at radius 1 is 1.27 bits per heavy atom. The number of benzene rings is 1. The first-order valence-electron chi connectivity index (χ1n) is 4.68. The van der Waals surface area contributed by atoms with E-state index in [2.05, 4.69) is 6.07 Å². The molecule has 0 heterocycles. The van der Waals surface area contributed by atoms with Gasteiger partial charge in [0.05, 0.1) is 0 Å². The monoisotopic (exact) mass is 198 g/mol. The Bertz CT molecular complexity index is 410. The molecule has 2 rings (SSSR count). The zero-order chi connectivity index (χ0) is 10.1. The summed E-state index contributed by atoms with van der Waals surface area (Å²) in [6.07, 6.45) is 2.75. The second-order valence-electron chi connectivity index (χ2n) is 3.74. The van der Waals surface area contributed by atoms with Crippen molar-refractivity contribution in [1.82, 2.24) is 4.90 Å². The molecule has 3 radical (unpaired) electrons. The molecular formula is C12H13BNO. The Morgan fingerprint density at radius 2 is 1.93 bits per heavy atom. The number of amides is 1. The molecule has 1 aromatic rings. The summed E-state index contributed by atoms with van der Waals surface area (Å²) in [4.78, 5) is 13.3. The molecule has 0 aliphatic heterocycles. The average molecular weight is 198 g/mol. The van der Waals surface area contributed by atoms with E-state index in [4.69, 9.17) is 0 Å². The smallest absolute Gasteiger partial charge is 0.249 e. The highest BCUT2D eigenvalue weighted by Gasteiger charge is 2.18. The van der Waals surface area contributed by atoms with Gasteiger partial charge >= 0.3 is 0 Å². The maximum atomic E-state index is 11.7. The van der Waals surface area contributed by atoms with Gasteiger partial charge in [-0.15, -0.1) is 0 Å². The minimum atomic E-state index is 0. The van der Waals surface area contributed by atoms with Crippen molar-refractivity contribution in [3.05, 3.63) is 41.0 Å². The molecule has 0 fully saturated rings. The summed E-state index contributed by atoms with van der Waals surface area (Å²) in [5.41, 5.74) is 3.31. The Morgan fingerprint density at radius 3 is 2.53 bits per heavy atom. The van der Waals surface area contributed by atoms with Gasteiger partial charge < -0.3 is 4.90 Å². The minimum Gasteiger partial charge on any atom is -0.345 e. The number of carbonyl (C=O) groups is 1. The van der Waals surface area contributed by atoms with E-state index in [9.17, 15) is 4.79 Å². The number of carbonyl (C=O) groups excluding carboxylic acids is 1. The highest BCUT2D eigenvalue weighted by molar-refractivity contribution is 6.00. The zero-order valence-electron chi connectivity index (χ0n) is 9.03. The van der Waals surface area contributed by atoms with E-state index in [1.165, 1.54) is 11.1 Å². The van der Waals surface area contributed by atoms with Crippen LogP contribution < -0.4 is 0 Å². The topological polar surface area (TPSA) is 20.3 Å². The number of rotatable bonds is 1. The maximum absolute atomic E-state index is 11.7. The van der Waals surface area contributed by atoms with Gasteiger partial charge in [-0.25, -0.2) is 0 Å². The lowest BCUT2D eigenvalue weighted by molar-refractivity contribution is -0.124. The highest BCUT2D eigenvalue weighted by atomic mass is 16.2. The van der Waals surface area contributed by atoms with E-state index in [1.807, 2.05) is 24.3 Å². The van der Waals surface area contributed by atoms with Crippen molar-refractivity contribution in [2.75, 3.05) is 14.1 Å². The van der Waals surface area contributed by atoms with Gasteiger partial charge in [0.25, 0.3) is 0 Å². The van der Waals surface area contributed by atoms with Gasteiger partial charge in [-0.2, -0.15) is 0 Å². The van der Waals surface area contributed by atoms with Crippen LogP contribution in [0.3, 0.4) is 0 Å². The van der Waals surface area contributed by atoms with E-state index >= 15 is 0 Å². The van der Waals surface area contributed by atoms with Crippen LogP contribution in [-0.2, 0) is 11.2 Å². The van der Waals surface area contributed by atoms with Crippen molar-refractivity contribution in [1.29, 1.82) is 0 Å². The largest absolute Gasteiger partial charge is 0.345 e. The van der Waals surface area contributed by atoms with Crippen LogP contribution in [0, 0.1) is 0 Å². The summed E-state index contributed by atoms with van der Waals surface area (Å²) in [7, 11) is 3.57. The molecule has 0 saturated carbocycles. The van der Waals surface area contributed by atoms with Crippen LogP contribution in [0.25, 0.3) is 6.08 Å². The van der Waals surface area contributed by atoms with Crippen molar-refractivity contribution in [2.45, 2.75) is 6.42 Å². The van der Waals surface area contributed by atoms with Gasteiger partial charge in [-0.05, 0) is 17.2 Å². The lowest BCUT2D eigenvalue weighted by atomic mass is 10.1. The molecule has 75 valence electrons. The standard InChI is InChI=1S/C12H13NO.B/c1-13(2)12(14)11-7-9-5-3-4-6-10(9)8-11;/h3-7H,8H2,1-2H3;. The number of fused-ring (bicyclic) bond motifs is 1. The van der Waals surface area contributed by atoms with Crippen molar-refractivity contribution >= 4 is 20.4 Å². The van der Waals surface area contributed by atoms with E-state index in [1.54, 1.807) is 19.0 Å². The van der Waals surface area contributed by atoms with Crippen LogP contribution >= 0.6 is 0 Å². The van der Waals surface area contributed by atoms with Gasteiger partial charge in [0, 0.05) is 34.5 Å². The average Bonchev–Trinajstić information content (AvgIpc) is 2.59. The third-order valence-electron chi connectivity index (χ3n) is 2.45. The molecule has 0 aromatic heterocycles. The van der Waals surface area contributed by atoms with Crippen LogP contribution in [0.4, 0.5) is 0 Å². The Balaban J connectivity index is 0.00000112. The van der Waals surface area contributed by atoms with Gasteiger partial charge in [0.1, 0.15) is 0 Å². The molecule has 2 nitrogen and oxygen atoms in total. The third kappa shape index (κ3) is 2.12. The number of hydrogen-bond donors (Lipinski definition) is 0. The molecular weight excluding hydrogens is 185 g/mol.